The van der Waals surface area contributed by atoms with Crippen molar-refractivity contribution in [1.29, 1.82) is 0 Å². The molecular formula is C13H20. The third-order valence-corrected chi connectivity index (χ3v) is 2.50. The minimum absolute atomic E-state index is 0.805. The molecule has 0 heteroatoms. The fraction of sp³-hybridized carbons (Fsp3) is 0.538. The van der Waals surface area contributed by atoms with E-state index in [0.717, 1.165) is 5.92 Å². The van der Waals surface area contributed by atoms with Crippen molar-refractivity contribution in [1.82, 2.24) is 0 Å². The van der Waals surface area contributed by atoms with Crippen LogP contribution in [-0.2, 0) is 6.42 Å². The van der Waals surface area contributed by atoms with Gasteiger partial charge in [-0.2, -0.15) is 0 Å². The predicted octanol–water partition coefficient (Wildman–Crippen LogP) is 3.89. The fourth-order valence-electron chi connectivity index (χ4n) is 1.51. The summed E-state index contributed by atoms with van der Waals surface area (Å²) in [4.78, 5) is 0. The molecule has 0 radical (unpaired) electrons. The van der Waals surface area contributed by atoms with Crippen molar-refractivity contribution in [3.8, 4) is 0 Å². The Morgan fingerprint density at radius 3 is 2.46 bits per heavy atom. The van der Waals surface area contributed by atoms with Gasteiger partial charge in [0.15, 0.2) is 0 Å². The van der Waals surface area contributed by atoms with E-state index >= 15 is 0 Å². The maximum absolute atomic E-state index is 2.32. The van der Waals surface area contributed by atoms with Gasteiger partial charge in [-0.3, -0.25) is 0 Å². The maximum Gasteiger partial charge on any atom is -0.0274 e. The molecule has 0 fully saturated rings. The first kappa shape index (κ1) is 10.3. The number of benzene rings is 1. The summed E-state index contributed by atoms with van der Waals surface area (Å²) in [6, 6.07) is 6.73. The van der Waals surface area contributed by atoms with E-state index in [1.54, 1.807) is 0 Å². The first-order valence-corrected chi connectivity index (χ1v) is 5.15. The molecule has 13 heavy (non-hydrogen) atoms. The zero-order valence-electron chi connectivity index (χ0n) is 9.22. The third-order valence-electron chi connectivity index (χ3n) is 2.50. The summed E-state index contributed by atoms with van der Waals surface area (Å²) in [6.07, 6.45) is 2.52. The molecule has 72 valence electrons. The van der Waals surface area contributed by atoms with Crippen LogP contribution in [0.25, 0.3) is 0 Å². The lowest BCUT2D eigenvalue weighted by Gasteiger charge is -2.08. The minimum atomic E-state index is 0.805. The van der Waals surface area contributed by atoms with Crippen LogP contribution in [0.3, 0.4) is 0 Å². The maximum atomic E-state index is 2.32. The lowest BCUT2D eigenvalue weighted by Crippen LogP contribution is -1.95. The normalized spacial score (nSPS) is 10.8. The van der Waals surface area contributed by atoms with Gasteiger partial charge in [-0.1, -0.05) is 37.6 Å². The van der Waals surface area contributed by atoms with E-state index in [1.165, 1.54) is 29.5 Å². The molecule has 0 amide bonds. The molecule has 0 saturated heterocycles. The zero-order chi connectivity index (χ0) is 9.84. The molecular weight excluding hydrogens is 156 g/mol. The van der Waals surface area contributed by atoms with Gasteiger partial charge in [0.05, 0.1) is 0 Å². The lowest BCUT2D eigenvalue weighted by molar-refractivity contribution is 0.585. The Morgan fingerprint density at radius 1 is 1.15 bits per heavy atom. The van der Waals surface area contributed by atoms with Crippen molar-refractivity contribution in [2.75, 3.05) is 0 Å². The van der Waals surface area contributed by atoms with E-state index in [0.29, 0.717) is 0 Å². The molecule has 0 aliphatic carbocycles. The quantitative estimate of drug-likeness (QED) is 0.655. The lowest BCUT2D eigenvalue weighted by atomic mass is 9.98. The monoisotopic (exact) mass is 176 g/mol. The van der Waals surface area contributed by atoms with Crippen molar-refractivity contribution in [3.05, 3.63) is 34.9 Å². The molecule has 1 aromatic rings. The van der Waals surface area contributed by atoms with Crippen LogP contribution in [0.5, 0.6) is 0 Å². The third kappa shape index (κ3) is 3.22. The fourth-order valence-corrected chi connectivity index (χ4v) is 1.51. The molecule has 0 bridgehead atoms. The standard InChI is InChI=1S/C13H20/c1-10(2)5-8-13-9-11(3)6-7-12(13)4/h6-7,9-10H,5,8H2,1-4H3. The Kier molecular flexibility index (Phi) is 3.53. The topological polar surface area (TPSA) is 0 Å². The van der Waals surface area contributed by atoms with Crippen LogP contribution < -0.4 is 0 Å². The molecule has 0 atom stereocenters. The van der Waals surface area contributed by atoms with E-state index in [4.69, 9.17) is 0 Å². The average molecular weight is 176 g/mol. The molecule has 1 rings (SSSR count). The molecule has 0 nitrogen and oxygen atoms in total. The van der Waals surface area contributed by atoms with Gasteiger partial charge in [0, 0.05) is 0 Å². The summed E-state index contributed by atoms with van der Waals surface area (Å²) in [5.41, 5.74) is 4.34. The highest BCUT2D eigenvalue weighted by Gasteiger charge is 2.00. The summed E-state index contributed by atoms with van der Waals surface area (Å²) in [7, 11) is 0. The largest absolute Gasteiger partial charge is 0.0628 e. The van der Waals surface area contributed by atoms with E-state index in [-0.39, 0.29) is 0 Å². The zero-order valence-corrected chi connectivity index (χ0v) is 9.22. The summed E-state index contributed by atoms with van der Waals surface area (Å²) in [5.74, 6) is 0.805. The van der Waals surface area contributed by atoms with Crippen LogP contribution >= 0.6 is 0 Å². The summed E-state index contributed by atoms with van der Waals surface area (Å²) >= 11 is 0. The first-order valence-electron chi connectivity index (χ1n) is 5.15. The second-order valence-corrected chi connectivity index (χ2v) is 4.36. The second-order valence-electron chi connectivity index (χ2n) is 4.36. The van der Waals surface area contributed by atoms with E-state index in [1.807, 2.05) is 0 Å². The van der Waals surface area contributed by atoms with Crippen LogP contribution in [0.4, 0.5) is 0 Å². The minimum Gasteiger partial charge on any atom is -0.0628 e. The van der Waals surface area contributed by atoms with Crippen LogP contribution in [0.2, 0.25) is 0 Å². The van der Waals surface area contributed by atoms with Crippen molar-refractivity contribution < 1.29 is 0 Å². The van der Waals surface area contributed by atoms with Gasteiger partial charge < -0.3 is 0 Å². The molecule has 0 aromatic heterocycles. The van der Waals surface area contributed by atoms with Gasteiger partial charge in [0.1, 0.15) is 0 Å². The average Bonchev–Trinajstić information content (AvgIpc) is 2.06. The Hall–Kier alpha value is -0.780. The Labute approximate surface area is 82.0 Å². The summed E-state index contributed by atoms with van der Waals surface area (Å²) in [5, 5.41) is 0. The summed E-state index contributed by atoms with van der Waals surface area (Å²) < 4.78 is 0. The van der Waals surface area contributed by atoms with E-state index < -0.39 is 0 Å². The molecule has 0 aliphatic heterocycles. The van der Waals surface area contributed by atoms with Crippen LogP contribution in [0.1, 0.15) is 37.0 Å². The Balaban J connectivity index is 2.70. The number of aryl methyl sites for hydroxylation is 3. The highest BCUT2D eigenvalue weighted by Crippen LogP contribution is 2.14. The van der Waals surface area contributed by atoms with Gasteiger partial charge in [-0.15, -0.1) is 0 Å². The van der Waals surface area contributed by atoms with Gasteiger partial charge in [0.2, 0.25) is 0 Å². The molecule has 1 aromatic carbocycles. The predicted molar refractivity (Wildman–Crippen MR) is 59.1 cm³/mol. The smallest absolute Gasteiger partial charge is 0.0274 e. The highest BCUT2D eigenvalue weighted by atomic mass is 14.1. The van der Waals surface area contributed by atoms with Crippen LogP contribution in [0, 0.1) is 19.8 Å². The highest BCUT2D eigenvalue weighted by molar-refractivity contribution is 5.30. The molecule has 0 N–H and O–H groups in total. The Morgan fingerprint density at radius 2 is 1.85 bits per heavy atom. The number of hydrogen-bond acceptors (Lipinski definition) is 0. The molecule has 0 unspecified atom stereocenters. The van der Waals surface area contributed by atoms with Crippen molar-refractivity contribution in [2.45, 2.75) is 40.5 Å². The van der Waals surface area contributed by atoms with E-state index in [9.17, 15) is 0 Å². The molecule has 0 saturated carbocycles. The van der Waals surface area contributed by atoms with Gasteiger partial charge in [0.25, 0.3) is 0 Å². The van der Waals surface area contributed by atoms with Crippen molar-refractivity contribution >= 4 is 0 Å². The molecule has 0 heterocycles. The van der Waals surface area contributed by atoms with Gasteiger partial charge >= 0.3 is 0 Å². The van der Waals surface area contributed by atoms with Crippen LogP contribution in [0.15, 0.2) is 18.2 Å². The van der Waals surface area contributed by atoms with Crippen molar-refractivity contribution in [3.63, 3.8) is 0 Å². The second kappa shape index (κ2) is 4.45. The first-order chi connectivity index (χ1) is 6.09. The molecule has 0 aliphatic rings. The SMILES string of the molecule is Cc1ccc(C)c(CCC(C)C)c1. The summed E-state index contributed by atoms with van der Waals surface area (Å²) in [6.45, 7) is 8.93. The van der Waals surface area contributed by atoms with Crippen molar-refractivity contribution in [2.24, 2.45) is 5.92 Å². The number of hydrogen-bond donors (Lipinski definition) is 0. The molecule has 0 spiro atoms. The van der Waals surface area contributed by atoms with E-state index in [2.05, 4.69) is 45.9 Å². The van der Waals surface area contributed by atoms with Gasteiger partial charge in [-0.05, 0) is 43.7 Å². The van der Waals surface area contributed by atoms with Crippen LogP contribution in [-0.4, -0.2) is 0 Å². The van der Waals surface area contributed by atoms with Gasteiger partial charge in [-0.25, -0.2) is 0 Å². The Bertz CT molecular complexity index is 271. The number of rotatable bonds is 3.